The van der Waals surface area contributed by atoms with Crippen molar-refractivity contribution in [1.29, 1.82) is 0 Å². The molecule has 5 nitrogen and oxygen atoms in total. The van der Waals surface area contributed by atoms with Crippen LogP contribution in [0.3, 0.4) is 0 Å². The number of amides is 2. The van der Waals surface area contributed by atoms with Gasteiger partial charge in [-0.05, 0) is 29.7 Å². The van der Waals surface area contributed by atoms with Crippen LogP contribution >= 0.6 is 11.3 Å². The van der Waals surface area contributed by atoms with Crippen molar-refractivity contribution in [3.05, 3.63) is 58.6 Å². The third-order valence-corrected chi connectivity index (χ3v) is 5.05. The van der Waals surface area contributed by atoms with Crippen LogP contribution in [0.2, 0.25) is 0 Å². The number of carbonyl (C=O) groups excluding carboxylic acids is 2. The molecule has 0 bridgehead atoms. The second-order valence-corrected chi connectivity index (χ2v) is 6.63. The number of benzene rings is 2. The first-order valence-corrected chi connectivity index (χ1v) is 8.61. The molecular formula is C18H15N3O2S. The van der Waals surface area contributed by atoms with Crippen LogP contribution < -0.4 is 10.6 Å². The second-order valence-electron chi connectivity index (χ2n) is 5.64. The lowest BCUT2D eigenvalue weighted by atomic mass is 10.0. The molecule has 1 aromatic heterocycles. The Balaban J connectivity index is 1.65. The standard InChI is InChI=1S/C18H15N3O2S/c22-16(13-8-3-6-11-5-1-2-7-12(11)13)21-18-20-14-9-4-10-19-17(23)15(14)24-18/h1-3,5-8H,4,9-10H2,(H,19,23)(H,20,21,22). The van der Waals surface area contributed by atoms with Gasteiger partial charge in [0.15, 0.2) is 5.13 Å². The molecule has 24 heavy (non-hydrogen) atoms. The molecule has 2 aromatic carbocycles. The average Bonchev–Trinajstić information content (AvgIpc) is 2.92. The number of aryl methyl sites for hydroxylation is 1. The van der Waals surface area contributed by atoms with Gasteiger partial charge in [-0.25, -0.2) is 4.98 Å². The lowest BCUT2D eigenvalue weighted by Crippen LogP contribution is -2.21. The SMILES string of the molecule is O=C1NCCCc2nc(NC(=O)c3cccc4ccccc34)sc21. The van der Waals surface area contributed by atoms with Gasteiger partial charge in [0.1, 0.15) is 4.88 Å². The highest BCUT2D eigenvalue weighted by Gasteiger charge is 2.21. The maximum atomic E-state index is 12.6. The number of carbonyl (C=O) groups is 2. The van der Waals surface area contributed by atoms with Crippen molar-refractivity contribution >= 4 is 39.1 Å². The van der Waals surface area contributed by atoms with Crippen LogP contribution in [-0.4, -0.2) is 23.3 Å². The zero-order chi connectivity index (χ0) is 16.5. The maximum Gasteiger partial charge on any atom is 0.263 e. The van der Waals surface area contributed by atoms with E-state index in [2.05, 4.69) is 15.6 Å². The molecule has 0 radical (unpaired) electrons. The summed E-state index contributed by atoms with van der Waals surface area (Å²) in [4.78, 5) is 29.7. The lowest BCUT2D eigenvalue weighted by Gasteiger charge is -2.06. The van der Waals surface area contributed by atoms with E-state index in [-0.39, 0.29) is 11.8 Å². The molecule has 2 N–H and O–H groups in total. The minimum absolute atomic E-state index is 0.106. The first kappa shape index (κ1) is 14.8. The number of hydrogen-bond acceptors (Lipinski definition) is 4. The highest BCUT2D eigenvalue weighted by molar-refractivity contribution is 7.17. The van der Waals surface area contributed by atoms with E-state index in [0.717, 1.165) is 29.3 Å². The monoisotopic (exact) mass is 337 g/mol. The van der Waals surface area contributed by atoms with Gasteiger partial charge in [0.05, 0.1) is 5.69 Å². The number of thiazole rings is 1. The summed E-state index contributed by atoms with van der Waals surface area (Å²) in [5.74, 6) is -0.318. The summed E-state index contributed by atoms with van der Waals surface area (Å²) in [6, 6.07) is 13.4. The molecule has 0 saturated heterocycles. The third-order valence-electron chi connectivity index (χ3n) is 4.03. The first-order valence-electron chi connectivity index (χ1n) is 7.79. The molecule has 0 atom stereocenters. The maximum absolute atomic E-state index is 12.6. The fourth-order valence-electron chi connectivity index (χ4n) is 2.88. The second kappa shape index (κ2) is 6.05. The molecule has 0 unspecified atom stereocenters. The fourth-order valence-corrected chi connectivity index (χ4v) is 3.80. The van der Waals surface area contributed by atoms with Gasteiger partial charge in [-0.2, -0.15) is 0 Å². The highest BCUT2D eigenvalue weighted by Crippen LogP contribution is 2.27. The van der Waals surface area contributed by atoms with Crippen LogP contribution in [0.25, 0.3) is 10.8 Å². The molecule has 2 heterocycles. The van der Waals surface area contributed by atoms with E-state index in [0.29, 0.717) is 22.1 Å². The Morgan fingerprint density at radius 2 is 2.00 bits per heavy atom. The highest BCUT2D eigenvalue weighted by atomic mass is 32.1. The average molecular weight is 337 g/mol. The number of hydrogen-bond donors (Lipinski definition) is 2. The van der Waals surface area contributed by atoms with Crippen LogP contribution in [0.15, 0.2) is 42.5 Å². The largest absolute Gasteiger partial charge is 0.351 e. The smallest absolute Gasteiger partial charge is 0.263 e. The van der Waals surface area contributed by atoms with E-state index in [1.54, 1.807) is 6.07 Å². The van der Waals surface area contributed by atoms with E-state index in [1.807, 2.05) is 36.4 Å². The predicted octanol–water partition coefficient (Wildman–Crippen LogP) is 3.22. The van der Waals surface area contributed by atoms with Crippen LogP contribution in [0.4, 0.5) is 5.13 Å². The molecule has 0 spiro atoms. The van der Waals surface area contributed by atoms with Gasteiger partial charge in [-0.3, -0.25) is 14.9 Å². The van der Waals surface area contributed by atoms with Crippen molar-refractivity contribution in [3.8, 4) is 0 Å². The molecule has 1 aliphatic heterocycles. The first-order chi connectivity index (χ1) is 11.7. The molecule has 0 fully saturated rings. The van der Waals surface area contributed by atoms with Gasteiger partial charge in [0.2, 0.25) is 0 Å². The Morgan fingerprint density at radius 1 is 1.17 bits per heavy atom. The minimum atomic E-state index is -0.212. The number of anilines is 1. The molecule has 0 saturated carbocycles. The Hall–Kier alpha value is -2.73. The van der Waals surface area contributed by atoms with Crippen molar-refractivity contribution in [3.63, 3.8) is 0 Å². The van der Waals surface area contributed by atoms with E-state index in [1.165, 1.54) is 11.3 Å². The minimum Gasteiger partial charge on any atom is -0.351 e. The molecule has 1 aliphatic rings. The lowest BCUT2D eigenvalue weighted by molar-refractivity contribution is 0.0958. The summed E-state index contributed by atoms with van der Waals surface area (Å²) in [7, 11) is 0. The Kier molecular flexibility index (Phi) is 3.74. The summed E-state index contributed by atoms with van der Waals surface area (Å²) < 4.78 is 0. The summed E-state index contributed by atoms with van der Waals surface area (Å²) in [6.07, 6.45) is 1.61. The van der Waals surface area contributed by atoms with Crippen LogP contribution in [0.1, 0.15) is 32.1 Å². The Morgan fingerprint density at radius 3 is 2.92 bits per heavy atom. The molecule has 0 aliphatic carbocycles. The zero-order valence-electron chi connectivity index (χ0n) is 12.8. The summed E-state index contributed by atoms with van der Waals surface area (Å²) in [6.45, 7) is 0.666. The van der Waals surface area contributed by atoms with Crippen molar-refractivity contribution < 1.29 is 9.59 Å². The van der Waals surface area contributed by atoms with E-state index in [4.69, 9.17) is 0 Å². The van der Waals surface area contributed by atoms with E-state index >= 15 is 0 Å². The molecular weight excluding hydrogens is 322 g/mol. The van der Waals surface area contributed by atoms with Crippen molar-refractivity contribution in [1.82, 2.24) is 10.3 Å². The molecule has 4 rings (SSSR count). The quantitative estimate of drug-likeness (QED) is 0.754. The van der Waals surface area contributed by atoms with Gasteiger partial charge in [0, 0.05) is 12.1 Å². The molecule has 3 aromatic rings. The molecule has 2 amide bonds. The van der Waals surface area contributed by atoms with Gasteiger partial charge < -0.3 is 5.32 Å². The normalized spacial score (nSPS) is 13.9. The number of aromatic nitrogens is 1. The van der Waals surface area contributed by atoms with Crippen molar-refractivity contribution in [2.24, 2.45) is 0 Å². The van der Waals surface area contributed by atoms with Crippen molar-refractivity contribution in [2.45, 2.75) is 12.8 Å². The predicted molar refractivity (Wildman–Crippen MR) is 94.7 cm³/mol. The van der Waals surface area contributed by atoms with E-state index in [9.17, 15) is 9.59 Å². The number of rotatable bonds is 2. The van der Waals surface area contributed by atoms with Gasteiger partial charge in [0.25, 0.3) is 11.8 Å². The molecule has 6 heteroatoms. The van der Waals surface area contributed by atoms with Gasteiger partial charge >= 0.3 is 0 Å². The van der Waals surface area contributed by atoms with Gasteiger partial charge in [-0.15, -0.1) is 0 Å². The summed E-state index contributed by atoms with van der Waals surface area (Å²) in [5, 5.41) is 8.06. The Labute approximate surface area is 142 Å². The summed E-state index contributed by atoms with van der Waals surface area (Å²) >= 11 is 1.23. The topological polar surface area (TPSA) is 71.1 Å². The molecule has 120 valence electrons. The Bertz CT molecular complexity index is 943. The van der Waals surface area contributed by atoms with Crippen molar-refractivity contribution in [2.75, 3.05) is 11.9 Å². The number of nitrogens with one attached hydrogen (secondary N) is 2. The van der Waals surface area contributed by atoms with Gasteiger partial charge in [-0.1, -0.05) is 47.7 Å². The van der Waals surface area contributed by atoms with E-state index < -0.39 is 0 Å². The zero-order valence-corrected chi connectivity index (χ0v) is 13.7. The fraction of sp³-hybridized carbons (Fsp3) is 0.167. The number of nitrogens with zero attached hydrogens (tertiary/aromatic N) is 1. The van der Waals surface area contributed by atoms with Crippen LogP contribution in [-0.2, 0) is 6.42 Å². The number of fused-ring (bicyclic) bond motifs is 2. The summed E-state index contributed by atoms with van der Waals surface area (Å²) in [5.41, 5.74) is 1.37. The van der Waals surface area contributed by atoms with Crippen LogP contribution in [0.5, 0.6) is 0 Å². The third kappa shape index (κ3) is 2.65. The van der Waals surface area contributed by atoms with Crippen LogP contribution in [0, 0.1) is 0 Å².